The van der Waals surface area contributed by atoms with Crippen LogP contribution in [0.1, 0.15) is 42.9 Å². The summed E-state index contributed by atoms with van der Waals surface area (Å²) in [6, 6.07) is 6.12. The van der Waals surface area contributed by atoms with E-state index in [4.69, 9.17) is 0 Å². The van der Waals surface area contributed by atoms with Crippen LogP contribution in [-0.4, -0.2) is 11.1 Å². The Morgan fingerprint density at radius 2 is 2.06 bits per heavy atom. The fourth-order valence-corrected chi connectivity index (χ4v) is 2.72. The van der Waals surface area contributed by atoms with Gasteiger partial charge in [-0.05, 0) is 41.9 Å². The maximum absolute atomic E-state index is 11.3. The van der Waals surface area contributed by atoms with Gasteiger partial charge in [0.05, 0.1) is 5.92 Å². The van der Waals surface area contributed by atoms with Gasteiger partial charge in [-0.15, -0.1) is 0 Å². The highest BCUT2D eigenvalue weighted by atomic mass is 16.4. The van der Waals surface area contributed by atoms with Crippen LogP contribution < -0.4 is 0 Å². The number of fused-ring (bicyclic) bond motifs is 1. The van der Waals surface area contributed by atoms with Gasteiger partial charge in [0.2, 0.25) is 0 Å². The molecule has 0 bridgehead atoms. The van der Waals surface area contributed by atoms with Gasteiger partial charge in [-0.25, -0.2) is 0 Å². The van der Waals surface area contributed by atoms with E-state index in [9.17, 15) is 9.90 Å². The summed E-state index contributed by atoms with van der Waals surface area (Å²) in [5.74, 6) is -0.909. The molecule has 0 radical (unpaired) electrons. The largest absolute Gasteiger partial charge is 0.481 e. The Bertz CT molecular complexity index is 407. The normalized spacial score (nSPS) is 16.2. The highest BCUT2D eigenvalue weighted by Gasteiger charge is 2.27. The molecule has 1 aliphatic rings. The number of carbonyl (C=O) groups is 1. The van der Waals surface area contributed by atoms with E-state index >= 15 is 0 Å². The fourth-order valence-electron chi connectivity index (χ4n) is 2.72. The number of hydrogen-bond donors (Lipinski definition) is 1. The summed E-state index contributed by atoms with van der Waals surface area (Å²) in [6.45, 7) is 3.96. The molecule has 1 aromatic rings. The summed E-state index contributed by atoms with van der Waals surface area (Å²) in [5.41, 5.74) is 3.69. The molecule has 2 heteroatoms. The zero-order chi connectivity index (χ0) is 11.7. The standard InChI is InChI=1S/C14H18O2/c1-9(2)13(14(15)16)12-8-4-6-10-5-3-7-11(10)12/h4,6,8-9,13H,3,5,7H2,1-2H3,(H,15,16). The fraction of sp³-hybridized carbons (Fsp3) is 0.500. The van der Waals surface area contributed by atoms with E-state index < -0.39 is 5.97 Å². The quantitative estimate of drug-likeness (QED) is 0.846. The molecule has 2 nitrogen and oxygen atoms in total. The first kappa shape index (κ1) is 11.2. The molecular formula is C14H18O2. The molecule has 0 heterocycles. The summed E-state index contributed by atoms with van der Waals surface area (Å²) in [5, 5.41) is 9.33. The molecule has 1 unspecified atom stereocenters. The smallest absolute Gasteiger partial charge is 0.311 e. The molecule has 0 aliphatic heterocycles. The van der Waals surface area contributed by atoms with Gasteiger partial charge in [-0.1, -0.05) is 32.0 Å². The first-order valence-corrected chi connectivity index (χ1v) is 5.94. The van der Waals surface area contributed by atoms with Crippen molar-refractivity contribution in [2.24, 2.45) is 5.92 Å². The summed E-state index contributed by atoms with van der Waals surface area (Å²) < 4.78 is 0. The molecule has 0 aromatic heterocycles. The lowest BCUT2D eigenvalue weighted by atomic mass is 9.84. The molecule has 1 aromatic carbocycles. The maximum Gasteiger partial charge on any atom is 0.311 e. The molecule has 16 heavy (non-hydrogen) atoms. The number of carboxylic acid groups (broad SMARTS) is 1. The van der Waals surface area contributed by atoms with Gasteiger partial charge < -0.3 is 5.11 Å². The molecule has 0 fully saturated rings. The molecule has 0 amide bonds. The van der Waals surface area contributed by atoms with Gasteiger partial charge >= 0.3 is 5.97 Å². The number of carboxylic acids is 1. The van der Waals surface area contributed by atoms with Crippen molar-refractivity contribution >= 4 is 5.97 Å². The molecule has 1 aliphatic carbocycles. The summed E-state index contributed by atoms with van der Waals surface area (Å²) >= 11 is 0. The Morgan fingerprint density at radius 1 is 1.31 bits per heavy atom. The highest BCUT2D eigenvalue weighted by Crippen LogP contribution is 2.33. The number of aliphatic carboxylic acids is 1. The topological polar surface area (TPSA) is 37.3 Å². The lowest BCUT2D eigenvalue weighted by molar-refractivity contribution is -0.139. The van der Waals surface area contributed by atoms with Gasteiger partial charge in [0, 0.05) is 0 Å². The molecule has 1 N–H and O–H groups in total. The average molecular weight is 218 g/mol. The Hall–Kier alpha value is -1.31. The van der Waals surface area contributed by atoms with E-state index in [1.54, 1.807) is 0 Å². The molecular weight excluding hydrogens is 200 g/mol. The Morgan fingerprint density at radius 3 is 2.69 bits per heavy atom. The first-order chi connectivity index (χ1) is 7.61. The Labute approximate surface area is 96.3 Å². The van der Waals surface area contributed by atoms with Crippen molar-refractivity contribution in [2.45, 2.75) is 39.0 Å². The van der Waals surface area contributed by atoms with Crippen LogP contribution in [0.2, 0.25) is 0 Å². The third-order valence-corrected chi connectivity index (χ3v) is 3.45. The lowest BCUT2D eigenvalue weighted by Gasteiger charge is -2.19. The number of benzene rings is 1. The maximum atomic E-state index is 11.3. The second-order valence-electron chi connectivity index (χ2n) is 4.90. The summed E-state index contributed by atoms with van der Waals surface area (Å²) in [4.78, 5) is 11.3. The van der Waals surface area contributed by atoms with Crippen LogP contribution in [0.25, 0.3) is 0 Å². The third kappa shape index (κ3) is 1.84. The van der Waals surface area contributed by atoms with Gasteiger partial charge in [0.1, 0.15) is 0 Å². The predicted molar refractivity (Wildman–Crippen MR) is 63.7 cm³/mol. The van der Waals surface area contributed by atoms with E-state index in [2.05, 4.69) is 6.07 Å². The SMILES string of the molecule is CC(C)C(C(=O)O)c1cccc2c1CCC2. The lowest BCUT2D eigenvalue weighted by Crippen LogP contribution is -2.19. The molecule has 0 spiro atoms. The molecule has 1 atom stereocenters. The minimum atomic E-state index is -0.699. The number of hydrogen-bond acceptors (Lipinski definition) is 1. The van der Waals surface area contributed by atoms with Crippen molar-refractivity contribution < 1.29 is 9.90 Å². The van der Waals surface area contributed by atoms with Crippen molar-refractivity contribution in [3.05, 3.63) is 34.9 Å². The second kappa shape index (κ2) is 4.28. The molecule has 0 saturated heterocycles. The van der Waals surface area contributed by atoms with Gasteiger partial charge in [0.25, 0.3) is 0 Å². The molecule has 86 valence electrons. The Balaban J connectivity index is 2.46. The van der Waals surface area contributed by atoms with Crippen LogP contribution in [0.15, 0.2) is 18.2 Å². The number of rotatable bonds is 3. The van der Waals surface area contributed by atoms with E-state index in [-0.39, 0.29) is 11.8 Å². The second-order valence-corrected chi connectivity index (χ2v) is 4.90. The van der Waals surface area contributed by atoms with Crippen molar-refractivity contribution in [3.8, 4) is 0 Å². The van der Waals surface area contributed by atoms with E-state index in [1.807, 2.05) is 26.0 Å². The minimum Gasteiger partial charge on any atom is -0.481 e. The van der Waals surface area contributed by atoms with E-state index in [1.165, 1.54) is 11.1 Å². The average Bonchev–Trinajstić information content (AvgIpc) is 2.65. The van der Waals surface area contributed by atoms with Crippen LogP contribution in [0.4, 0.5) is 0 Å². The zero-order valence-corrected chi connectivity index (χ0v) is 9.86. The predicted octanol–water partition coefficient (Wildman–Crippen LogP) is 3.00. The van der Waals surface area contributed by atoms with Gasteiger partial charge in [-0.2, -0.15) is 0 Å². The van der Waals surface area contributed by atoms with Crippen molar-refractivity contribution in [1.82, 2.24) is 0 Å². The monoisotopic (exact) mass is 218 g/mol. The van der Waals surface area contributed by atoms with E-state index in [0.717, 1.165) is 24.8 Å². The van der Waals surface area contributed by atoms with Crippen LogP contribution in [0.5, 0.6) is 0 Å². The zero-order valence-electron chi connectivity index (χ0n) is 9.86. The van der Waals surface area contributed by atoms with Crippen LogP contribution in [-0.2, 0) is 17.6 Å². The first-order valence-electron chi connectivity index (χ1n) is 5.94. The highest BCUT2D eigenvalue weighted by molar-refractivity contribution is 5.77. The van der Waals surface area contributed by atoms with Crippen molar-refractivity contribution in [3.63, 3.8) is 0 Å². The van der Waals surface area contributed by atoms with Crippen LogP contribution >= 0.6 is 0 Å². The van der Waals surface area contributed by atoms with E-state index in [0.29, 0.717) is 0 Å². The summed E-state index contributed by atoms with van der Waals surface area (Å²) in [7, 11) is 0. The molecule has 0 saturated carbocycles. The van der Waals surface area contributed by atoms with Gasteiger partial charge in [0.15, 0.2) is 0 Å². The minimum absolute atomic E-state index is 0.143. The third-order valence-electron chi connectivity index (χ3n) is 3.45. The van der Waals surface area contributed by atoms with Crippen LogP contribution in [0, 0.1) is 5.92 Å². The molecule has 2 rings (SSSR count). The Kier molecular flexibility index (Phi) is 2.99. The summed E-state index contributed by atoms with van der Waals surface area (Å²) in [6.07, 6.45) is 3.31. The van der Waals surface area contributed by atoms with Crippen molar-refractivity contribution in [1.29, 1.82) is 0 Å². The van der Waals surface area contributed by atoms with Gasteiger partial charge in [-0.3, -0.25) is 4.79 Å². The number of aryl methyl sites for hydroxylation is 1. The van der Waals surface area contributed by atoms with Crippen LogP contribution in [0.3, 0.4) is 0 Å². The van der Waals surface area contributed by atoms with Crippen molar-refractivity contribution in [2.75, 3.05) is 0 Å².